The maximum Gasteiger partial charge on any atom is 0.273 e. The average molecular weight is 338 g/mol. The summed E-state index contributed by atoms with van der Waals surface area (Å²) in [5.41, 5.74) is 0.419. The predicted molar refractivity (Wildman–Crippen MR) is 86.0 cm³/mol. The van der Waals surface area contributed by atoms with E-state index in [0.29, 0.717) is 22.8 Å². The molecule has 8 nitrogen and oxygen atoms in total. The van der Waals surface area contributed by atoms with Crippen LogP contribution in [0.3, 0.4) is 0 Å². The van der Waals surface area contributed by atoms with Crippen molar-refractivity contribution < 1.29 is 13.9 Å². The van der Waals surface area contributed by atoms with Crippen LogP contribution in [0.15, 0.2) is 54.9 Å². The summed E-state index contributed by atoms with van der Waals surface area (Å²) < 4.78 is 19.9. The van der Waals surface area contributed by atoms with E-state index in [1.807, 2.05) is 0 Å². The summed E-state index contributed by atoms with van der Waals surface area (Å²) >= 11 is 0. The van der Waals surface area contributed by atoms with Gasteiger partial charge in [0.05, 0.1) is 0 Å². The second-order valence-corrected chi connectivity index (χ2v) is 5.08. The number of aromatic nitrogens is 5. The lowest BCUT2D eigenvalue weighted by molar-refractivity contribution is 0.102. The van der Waals surface area contributed by atoms with Gasteiger partial charge in [-0.3, -0.25) is 15.2 Å². The molecule has 4 aromatic rings. The number of hydrogen-bond acceptors (Lipinski definition) is 5. The van der Waals surface area contributed by atoms with Crippen molar-refractivity contribution in [2.75, 3.05) is 5.32 Å². The van der Waals surface area contributed by atoms with Gasteiger partial charge in [-0.25, -0.2) is 4.39 Å². The highest BCUT2D eigenvalue weighted by Crippen LogP contribution is 2.22. The zero-order valence-corrected chi connectivity index (χ0v) is 12.7. The Morgan fingerprint density at radius 3 is 2.44 bits per heavy atom. The van der Waals surface area contributed by atoms with Crippen molar-refractivity contribution in [3.05, 3.63) is 66.2 Å². The summed E-state index contributed by atoms with van der Waals surface area (Å²) in [6.07, 6.45) is 1.45. The van der Waals surface area contributed by atoms with Crippen molar-refractivity contribution in [1.29, 1.82) is 0 Å². The molecule has 25 heavy (non-hydrogen) atoms. The van der Waals surface area contributed by atoms with Gasteiger partial charge in [0.15, 0.2) is 0 Å². The Morgan fingerprint density at radius 2 is 1.72 bits per heavy atom. The topological polar surface area (TPSA) is 97.2 Å². The molecule has 2 aromatic carbocycles. The van der Waals surface area contributed by atoms with Crippen LogP contribution in [-0.2, 0) is 0 Å². The van der Waals surface area contributed by atoms with Crippen molar-refractivity contribution in [3.8, 4) is 11.5 Å². The fraction of sp³-hybridized carbons (Fsp3) is 0. The lowest BCUT2D eigenvalue weighted by Crippen LogP contribution is -2.14. The normalized spacial score (nSPS) is 10.8. The number of hydrogen-bond donors (Lipinski definition) is 2. The number of halogens is 1. The molecule has 1 amide bonds. The summed E-state index contributed by atoms with van der Waals surface area (Å²) in [4.78, 5) is 16.2. The third kappa shape index (κ3) is 3.02. The molecule has 2 aromatic heterocycles. The minimum absolute atomic E-state index is 0.240. The fourth-order valence-electron chi connectivity index (χ4n) is 2.19. The van der Waals surface area contributed by atoms with Crippen molar-refractivity contribution >= 4 is 17.6 Å². The summed E-state index contributed by atoms with van der Waals surface area (Å²) in [6, 6.07) is 12.2. The first-order valence-electron chi connectivity index (χ1n) is 7.28. The van der Waals surface area contributed by atoms with Crippen LogP contribution in [0.2, 0.25) is 0 Å². The van der Waals surface area contributed by atoms with E-state index in [9.17, 15) is 9.18 Å². The van der Waals surface area contributed by atoms with Gasteiger partial charge in [-0.2, -0.15) is 9.50 Å². The molecular weight excluding hydrogens is 327 g/mol. The summed E-state index contributed by atoms with van der Waals surface area (Å²) in [5, 5.41) is 13.1. The standard InChI is InChI=1S/C16H11FN6O2/c17-11-3-7-13(8-4-11)25-12-5-1-10(2-6-12)14(24)20-16-22-21-15-18-9-19-23(15)16/h1-9H,(H,18,19,21)(H,20,22,24). The van der Waals surface area contributed by atoms with Crippen LogP contribution in [0, 0.1) is 5.82 Å². The predicted octanol–water partition coefficient (Wildman–Crippen LogP) is 2.64. The largest absolute Gasteiger partial charge is 0.457 e. The van der Waals surface area contributed by atoms with Crippen LogP contribution in [0.1, 0.15) is 10.4 Å². The zero-order valence-electron chi connectivity index (χ0n) is 12.7. The van der Waals surface area contributed by atoms with Gasteiger partial charge in [0, 0.05) is 5.56 Å². The SMILES string of the molecule is O=C(Nc1nnc2nc[nH]n12)c1ccc(Oc2ccc(F)cc2)cc1. The number of amides is 1. The van der Waals surface area contributed by atoms with Gasteiger partial charge in [-0.15, -0.1) is 10.2 Å². The molecule has 0 unspecified atom stereocenters. The van der Waals surface area contributed by atoms with E-state index >= 15 is 0 Å². The van der Waals surface area contributed by atoms with Crippen molar-refractivity contribution in [3.63, 3.8) is 0 Å². The first-order chi connectivity index (χ1) is 12.2. The Balaban J connectivity index is 1.46. The molecule has 0 aliphatic heterocycles. The number of carbonyl (C=O) groups excluding carboxylic acids is 1. The van der Waals surface area contributed by atoms with E-state index in [1.54, 1.807) is 24.3 Å². The molecule has 0 aliphatic rings. The Labute approximate surface area is 140 Å². The van der Waals surface area contributed by atoms with Gasteiger partial charge in [-0.1, -0.05) is 0 Å². The number of nitrogens with zero attached hydrogens (tertiary/aromatic N) is 4. The molecule has 0 saturated carbocycles. The highest BCUT2D eigenvalue weighted by atomic mass is 19.1. The number of aromatic amines is 1. The maximum absolute atomic E-state index is 12.9. The van der Waals surface area contributed by atoms with Crippen molar-refractivity contribution in [1.82, 2.24) is 24.8 Å². The number of benzene rings is 2. The molecule has 0 saturated heterocycles. The van der Waals surface area contributed by atoms with E-state index in [1.165, 1.54) is 35.1 Å². The van der Waals surface area contributed by atoms with Crippen LogP contribution in [0.25, 0.3) is 5.78 Å². The monoisotopic (exact) mass is 338 g/mol. The molecule has 0 aliphatic carbocycles. The average Bonchev–Trinajstić information content (AvgIpc) is 3.23. The fourth-order valence-corrected chi connectivity index (χ4v) is 2.19. The van der Waals surface area contributed by atoms with Gasteiger partial charge < -0.3 is 4.74 Å². The number of anilines is 1. The first-order valence-corrected chi connectivity index (χ1v) is 7.28. The quantitative estimate of drug-likeness (QED) is 0.596. The summed E-state index contributed by atoms with van der Waals surface area (Å²) in [5.74, 6) is 0.948. The number of fused-ring (bicyclic) bond motifs is 1. The smallest absolute Gasteiger partial charge is 0.273 e. The molecule has 2 heterocycles. The van der Waals surface area contributed by atoms with Crippen LogP contribution in [0.5, 0.6) is 11.5 Å². The van der Waals surface area contributed by atoms with Crippen LogP contribution in [-0.4, -0.2) is 30.7 Å². The summed E-state index contributed by atoms with van der Waals surface area (Å²) in [6.45, 7) is 0. The van der Waals surface area contributed by atoms with E-state index in [2.05, 4.69) is 25.6 Å². The minimum atomic E-state index is -0.350. The third-order valence-corrected chi connectivity index (χ3v) is 3.40. The Hall–Kier alpha value is -3.75. The Kier molecular flexibility index (Phi) is 3.58. The molecule has 0 bridgehead atoms. The molecule has 0 atom stereocenters. The van der Waals surface area contributed by atoms with Gasteiger partial charge in [0.1, 0.15) is 23.6 Å². The number of nitrogens with one attached hydrogen (secondary N) is 2. The van der Waals surface area contributed by atoms with Crippen molar-refractivity contribution in [2.24, 2.45) is 0 Å². The number of rotatable bonds is 4. The van der Waals surface area contributed by atoms with Crippen LogP contribution >= 0.6 is 0 Å². The van der Waals surface area contributed by atoms with E-state index in [-0.39, 0.29) is 17.7 Å². The van der Waals surface area contributed by atoms with E-state index < -0.39 is 0 Å². The molecule has 0 spiro atoms. The highest BCUT2D eigenvalue weighted by molar-refractivity contribution is 6.03. The molecule has 124 valence electrons. The molecule has 0 fully saturated rings. The Bertz CT molecular complexity index is 1020. The molecule has 0 radical (unpaired) electrons. The van der Waals surface area contributed by atoms with Gasteiger partial charge in [0.25, 0.3) is 17.6 Å². The molecule has 4 rings (SSSR count). The lowest BCUT2D eigenvalue weighted by atomic mass is 10.2. The lowest BCUT2D eigenvalue weighted by Gasteiger charge is -2.07. The maximum atomic E-state index is 12.9. The third-order valence-electron chi connectivity index (χ3n) is 3.40. The zero-order chi connectivity index (χ0) is 17.2. The minimum Gasteiger partial charge on any atom is -0.457 e. The Morgan fingerprint density at radius 1 is 1.04 bits per heavy atom. The van der Waals surface area contributed by atoms with Gasteiger partial charge >= 0.3 is 0 Å². The molecule has 9 heteroatoms. The van der Waals surface area contributed by atoms with Crippen LogP contribution in [0.4, 0.5) is 10.3 Å². The highest BCUT2D eigenvalue weighted by Gasteiger charge is 2.12. The number of ether oxygens (including phenoxy) is 1. The second kappa shape index (κ2) is 6.04. The van der Waals surface area contributed by atoms with Crippen molar-refractivity contribution in [2.45, 2.75) is 0 Å². The van der Waals surface area contributed by atoms with Crippen LogP contribution < -0.4 is 10.1 Å². The van der Waals surface area contributed by atoms with Gasteiger partial charge in [0.2, 0.25) is 0 Å². The molecule has 2 N–H and O–H groups in total. The number of carbonyl (C=O) groups is 1. The van der Waals surface area contributed by atoms with Gasteiger partial charge in [-0.05, 0) is 48.5 Å². The second-order valence-electron chi connectivity index (χ2n) is 5.08. The first kappa shape index (κ1) is 14.8. The summed E-state index contributed by atoms with van der Waals surface area (Å²) in [7, 11) is 0. The van der Waals surface area contributed by atoms with E-state index in [4.69, 9.17) is 4.74 Å². The number of H-pyrrole nitrogens is 1. The van der Waals surface area contributed by atoms with E-state index in [0.717, 1.165) is 0 Å². The molecular formula is C16H11FN6O2.